The molecule has 20 heavy (non-hydrogen) atoms. The highest BCUT2D eigenvalue weighted by Gasteiger charge is 2.40. The minimum absolute atomic E-state index is 0.185. The van der Waals surface area contributed by atoms with Crippen LogP contribution in [-0.4, -0.2) is 30.4 Å². The SMILES string of the molecule is CC1CCC(C(=O)N(C)CC2CC3CCC2C3)CC1N. The second kappa shape index (κ2) is 5.67. The van der Waals surface area contributed by atoms with E-state index in [0.717, 1.165) is 43.6 Å². The van der Waals surface area contributed by atoms with Gasteiger partial charge in [-0.3, -0.25) is 4.79 Å². The van der Waals surface area contributed by atoms with Crippen LogP contribution in [0.5, 0.6) is 0 Å². The molecule has 3 fully saturated rings. The molecule has 3 rings (SSSR count). The van der Waals surface area contributed by atoms with Crippen LogP contribution >= 0.6 is 0 Å². The Labute approximate surface area is 123 Å². The first-order valence-corrected chi connectivity index (χ1v) is 8.55. The minimum Gasteiger partial charge on any atom is -0.345 e. The van der Waals surface area contributed by atoms with Crippen LogP contribution in [0.1, 0.15) is 51.9 Å². The number of hydrogen-bond donors (Lipinski definition) is 1. The monoisotopic (exact) mass is 278 g/mol. The quantitative estimate of drug-likeness (QED) is 0.862. The van der Waals surface area contributed by atoms with Crippen molar-refractivity contribution in [2.45, 2.75) is 57.9 Å². The molecule has 3 aliphatic carbocycles. The van der Waals surface area contributed by atoms with Crippen molar-refractivity contribution in [2.75, 3.05) is 13.6 Å². The van der Waals surface area contributed by atoms with E-state index in [0.29, 0.717) is 11.8 Å². The third-order valence-corrected chi connectivity index (χ3v) is 6.38. The summed E-state index contributed by atoms with van der Waals surface area (Å²) in [6, 6.07) is 0.216. The van der Waals surface area contributed by atoms with Gasteiger partial charge in [0.05, 0.1) is 0 Å². The van der Waals surface area contributed by atoms with E-state index < -0.39 is 0 Å². The molecule has 0 aromatic carbocycles. The predicted molar refractivity (Wildman–Crippen MR) is 81.1 cm³/mol. The van der Waals surface area contributed by atoms with Gasteiger partial charge >= 0.3 is 0 Å². The van der Waals surface area contributed by atoms with Crippen molar-refractivity contribution < 1.29 is 4.79 Å². The summed E-state index contributed by atoms with van der Waals surface area (Å²) in [4.78, 5) is 14.6. The fraction of sp³-hybridized carbons (Fsp3) is 0.941. The molecule has 6 atom stereocenters. The Morgan fingerprint density at radius 1 is 1.15 bits per heavy atom. The van der Waals surface area contributed by atoms with Crippen molar-refractivity contribution in [2.24, 2.45) is 35.3 Å². The Morgan fingerprint density at radius 3 is 2.55 bits per heavy atom. The molecule has 6 unspecified atom stereocenters. The highest BCUT2D eigenvalue weighted by atomic mass is 16.2. The number of nitrogens with zero attached hydrogens (tertiary/aromatic N) is 1. The maximum Gasteiger partial charge on any atom is 0.225 e. The Hall–Kier alpha value is -0.570. The van der Waals surface area contributed by atoms with E-state index in [2.05, 4.69) is 6.92 Å². The maximum absolute atomic E-state index is 12.6. The van der Waals surface area contributed by atoms with E-state index in [-0.39, 0.29) is 12.0 Å². The first-order chi connectivity index (χ1) is 9.54. The van der Waals surface area contributed by atoms with Crippen LogP contribution in [-0.2, 0) is 4.79 Å². The average molecular weight is 278 g/mol. The van der Waals surface area contributed by atoms with Crippen molar-refractivity contribution in [1.82, 2.24) is 4.90 Å². The molecule has 3 aliphatic rings. The lowest BCUT2D eigenvalue weighted by Crippen LogP contribution is -2.43. The van der Waals surface area contributed by atoms with Gasteiger partial charge in [0.15, 0.2) is 0 Å². The topological polar surface area (TPSA) is 46.3 Å². The Bertz CT molecular complexity index is 370. The lowest BCUT2D eigenvalue weighted by molar-refractivity contribution is -0.136. The number of hydrogen-bond acceptors (Lipinski definition) is 2. The average Bonchev–Trinajstić information content (AvgIpc) is 3.03. The van der Waals surface area contributed by atoms with Gasteiger partial charge < -0.3 is 10.6 Å². The lowest BCUT2D eigenvalue weighted by Gasteiger charge is -2.35. The maximum atomic E-state index is 12.6. The van der Waals surface area contributed by atoms with Gasteiger partial charge in [-0.2, -0.15) is 0 Å². The largest absolute Gasteiger partial charge is 0.345 e. The molecule has 1 amide bonds. The van der Waals surface area contributed by atoms with Crippen molar-refractivity contribution >= 4 is 5.91 Å². The van der Waals surface area contributed by atoms with Crippen LogP contribution in [0.25, 0.3) is 0 Å². The first kappa shape index (κ1) is 14.4. The zero-order valence-electron chi connectivity index (χ0n) is 13.1. The number of nitrogens with two attached hydrogens (primary N) is 1. The van der Waals surface area contributed by atoms with Gasteiger partial charge in [0.2, 0.25) is 5.91 Å². The molecule has 0 aromatic rings. The summed E-state index contributed by atoms with van der Waals surface area (Å²) in [5, 5.41) is 0. The van der Waals surface area contributed by atoms with Gasteiger partial charge in [-0.05, 0) is 62.2 Å². The van der Waals surface area contributed by atoms with Gasteiger partial charge in [0.1, 0.15) is 0 Å². The van der Waals surface area contributed by atoms with Crippen LogP contribution in [0.4, 0.5) is 0 Å². The summed E-state index contributed by atoms with van der Waals surface area (Å²) in [7, 11) is 2.01. The fourth-order valence-electron chi connectivity index (χ4n) is 4.93. The van der Waals surface area contributed by atoms with E-state index in [4.69, 9.17) is 5.73 Å². The van der Waals surface area contributed by atoms with Crippen LogP contribution in [0, 0.1) is 29.6 Å². The predicted octanol–water partition coefficient (Wildman–Crippen LogP) is 2.64. The molecular weight excluding hydrogens is 248 g/mol. The number of rotatable bonds is 3. The zero-order valence-corrected chi connectivity index (χ0v) is 13.1. The summed E-state index contributed by atoms with van der Waals surface area (Å²) in [5.74, 6) is 3.77. The van der Waals surface area contributed by atoms with Crippen molar-refractivity contribution in [3.8, 4) is 0 Å². The van der Waals surface area contributed by atoms with Crippen LogP contribution in [0.15, 0.2) is 0 Å². The molecule has 2 bridgehead atoms. The summed E-state index contributed by atoms with van der Waals surface area (Å²) in [6.07, 6.45) is 8.68. The molecular formula is C17H30N2O. The van der Waals surface area contributed by atoms with E-state index in [1.54, 1.807) is 0 Å². The van der Waals surface area contributed by atoms with Gasteiger partial charge in [-0.1, -0.05) is 13.3 Å². The molecule has 0 aromatic heterocycles. The molecule has 0 heterocycles. The first-order valence-electron chi connectivity index (χ1n) is 8.55. The third kappa shape index (κ3) is 2.74. The summed E-state index contributed by atoms with van der Waals surface area (Å²) >= 11 is 0. The second-order valence-corrected chi connectivity index (χ2v) is 7.80. The van der Waals surface area contributed by atoms with E-state index in [9.17, 15) is 4.79 Å². The van der Waals surface area contributed by atoms with Gasteiger partial charge in [0, 0.05) is 25.6 Å². The Kier molecular flexibility index (Phi) is 4.07. The second-order valence-electron chi connectivity index (χ2n) is 7.80. The Balaban J connectivity index is 1.52. The van der Waals surface area contributed by atoms with Crippen molar-refractivity contribution in [3.63, 3.8) is 0 Å². The number of amides is 1. The summed E-state index contributed by atoms with van der Waals surface area (Å²) < 4.78 is 0. The van der Waals surface area contributed by atoms with Crippen LogP contribution in [0.3, 0.4) is 0 Å². The normalized spacial score (nSPS) is 43.8. The smallest absolute Gasteiger partial charge is 0.225 e. The molecule has 0 saturated heterocycles. The molecule has 2 N–H and O–H groups in total. The van der Waals surface area contributed by atoms with Crippen LogP contribution < -0.4 is 5.73 Å². The molecule has 114 valence electrons. The molecule has 0 aliphatic heterocycles. The standard InChI is InChI=1S/C17H30N2O/c1-11-3-5-14(9-16(11)18)17(20)19(2)10-15-8-12-4-6-13(15)7-12/h11-16H,3-10,18H2,1-2H3. The number of carbonyl (C=O) groups is 1. The van der Waals surface area contributed by atoms with E-state index >= 15 is 0 Å². The fourth-order valence-corrected chi connectivity index (χ4v) is 4.93. The minimum atomic E-state index is 0.185. The molecule has 3 saturated carbocycles. The number of fused-ring (bicyclic) bond motifs is 2. The summed E-state index contributed by atoms with van der Waals surface area (Å²) in [6.45, 7) is 3.20. The molecule has 0 spiro atoms. The molecule has 3 nitrogen and oxygen atoms in total. The lowest BCUT2D eigenvalue weighted by atomic mass is 9.79. The number of carbonyl (C=O) groups excluding carboxylic acids is 1. The summed E-state index contributed by atoms with van der Waals surface area (Å²) in [5.41, 5.74) is 6.15. The van der Waals surface area contributed by atoms with Gasteiger partial charge in [-0.25, -0.2) is 0 Å². The highest BCUT2D eigenvalue weighted by Crippen LogP contribution is 2.48. The Morgan fingerprint density at radius 2 is 1.95 bits per heavy atom. The zero-order chi connectivity index (χ0) is 14.3. The molecule has 3 heteroatoms. The van der Waals surface area contributed by atoms with Gasteiger partial charge in [0.25, 0.3) is 0 Å². The van der Waals surface area contributed by atoms with E-state index in [1.807, 2.05) is 11.9 Å². The van der Waals surface area contributed by atoms with Crippen molar-refractivity contribution in [3.05, 3.63) is 0 Å². The van der Waals surface area contributed by atoms with Crippen molar-refractivity contribution in [1.29, 1.82) is 0 Å². The highest BCUT2D eigenvalue weighted by molar-refractivity contribution is 5.78. The molecule has 0 radical (unpaired) electrons. The van der Waals surface area contributed by atoms with Gasteiger partial charge in [-0.15, -0.1) is 0 Å². The van der Waals surface area contributed by atoms with Crippen LogP contribution in [0.2, 0.25) is 0 Å². The van der Waals surface area contributed by atoms with E-state index in [1.165, 1.54) is 25.7 Å². The third-order valence-electron chi connectivity index (χ3n) is 6.38.